The second-order valence-corrected chi connectivity index (χ2v) is 5.04. The van der Waals surface area contributed by atoms with Gasteiger partial charge in [-0.05, 0) is 32.6 Å². The molecule has 0 aliphatic heterocycles. The standard InChI is InChI=1S/C13H19N3O2/c1-8-11(7-17)9(2)16(15-8)12(13(14)18)10-5-3-4-6-10/h7,10,12H,3-6H2,1-2H3,(H2,14,18). The summed E-state index contributed by atoms with van der Waals surface area (Å²) in [5.74, 6) is -0.107. The molecule has 1 aliphatic rings. The number of hydrogen-bond acceptors (Lipinski definition) is 3. The second kappa shape index (κ2) is 4.92. The zero-order valence-electron chi connectivity index (χ0n) is 10.8. The summed E-state index contributed by atoms with van der Waals surface area (Å²) in [7, 11) is 0. The van der Waals surface area contributed by atoms with Crippen molar-refractivity contribution in [3.63, 3.8) is 0 Å². The summed E-state index contributed by atoms with van der Waals surface area (Å²) >= 11 is 0. The number of carbonyl (C=O) groups excluding carboxylic acids is 2. The van der Waals surface area contributed by atoms with Crippen molar-refractivity contribution in [3.8, 4) is 0 Å². The molecule has 5 nitrogen and oxygen atoms in total. The van der Waals surface area contributed by atoms with Gasteiger partial charge in [-0.25, -0.2) is 0 Å². The molecule has 1 aromatic rings. The summed E-state index contributed by atoms with van der Waals surface area (Å²) in [5.41, 5.74) is 7.49. The predicted molar refractivity (Wildman–Crippen MR) is 67.3 cm³/mol. The topological polar surface area (TPSA) is 78.0 Å². The molecule has 1 aliphatic carbocycles. The SMILES string of the molecule is Cc1nn(C(C(N)=O)C2CCCC2)c(C)c1C=O. The third-order valence-electron chi connectivity index (χ3n) is 3.90. The monoisotopic (exact) mass is 249 g/mol. The van der Waals surface area contributed by atoms with Gasteiger partial charge >= 0.3 is 0 Å². The van der Waals surface area contributed by atoms with Gasteiger partial charge in [0.2, 0.25) is 5.91 Å². The van der Waals surface area contributed by atoms with Crippen LogP contribution in [0.25, 0.3) is 0 Å². The highest BCUT2D eigenvalue weighted by atomic mass is 16.1. The minimum Gasteiger partial charge on any atom is -0.368 e. The molecule has 5 heteroatoms. The summed E-state index contributed by atoms with van der Waals surface area (Å²) in [4.78, 5) is 22.7. The first-order valence-corrected chi connectivity index (χ1v) is 6.36. The molecule has 0 spiro atoms. The first kappa shape index (κ1) is 12.8. The van der Waals surface area contributed by atoms with Crippen LogP contribution < -0.4 is 5.73 Å². The second-order valence-electron chi connectivity index (χ2n) is 5.04. The Bertz CT molecular complexity index is 473. The van der Waals surface area contributed by atoms with E-state index in [9.17, 15) is 9.59 Å². The van der Waals surface area contributed by atoms with Gasteiger partial charge in [0.05, 0.1) is 11.3 Å². The molecular weight excluding hydrogens is 230 g/mol. The number of carbonyl (C=O) groups is 2. The van der Waals surface area contributed by atoms with Gasteiger partial charge in [0.25, 0.3) is 0 Å². The number of aromatic nitrogens is 2. The molecule has 2 rings (SSSR count). The third kappa shape index (κ3) is 2.05. The first-order valence-electron chi connectivity index (χ1n) is 6.36. The van der Waals surface area contributed by atoms with Crippen LogP contribution in [0.3, 0.4) is 0 Å². The molecule has 1 atom stereocenters. The van der Waals surface area contributed by atoms with Gasteiger partial charge in [0.15, 0.2) is 6.29 Å². The Morgan fingerprint density at radius 3 is 2.50 bits per heavy atom. The van der Waals surface area contributed by atoms with Gasteiger partial charge in [0, 0.05) is 5.69 Å². The number of rotatable bonds is 4. The van der Waals surface area contributed by atoms with Gasteiger partial charge in [-0.1, -0.05) is 12.8 Å². The Labute approximate surface area is 106 Å². The van der Waals surface area contributed by atoms with Crippen LogP contribution in [-0.2, 0) is 4.79 Å². The normalized spacial score (nSPS) is 17.9. The van der Waals surface area contributed by atoms with Crippen molar-refractivity contribution in [3.05, 3.63) is 17.0 Å². The average Bonchev–Trinajstić information content (AvgIpc) is 2.89. The van der Waals surface area contributed by atoms with E-state index in [0.29, 0.717) is 11.3 Å². The molecule has 0 radical (unpaired) electrons. The fourth-order valence-electron chi connectivity index (χ4n) is 2.94. The van der Waals surface area contributed by atoms with Crippen molar-refractivity contribution in [1.29, 1.82) is 0 Å². The molecule has 1 fully saturated rings. The highest BCUT2D eigenvalue weighted by molar-refractivity contribution is 5.81. The zero-order chi connectivity index (χ0) is 13.3. The summed E-state index contributed by atoms with van der Waals surface area (Å²) < 4.78 is 1.65. The van der Waals surface area contributed by atoms with Crippen LogP contribution in [0.15, 0.2) is 0 Å². The summed E-state index contributed by atoms with van der Waals surface area (Å²) in [6.07, 6.45) is 5.06. The molecule has 1 amide bonds. The van der Waals surface area contributed by atoms with E-state index in [2.05, 4.69) is 5.10 Å². The number of amides is 1. The van der Waals surface area contributed by atoms with E-state index in [1.54, 1.807) is 11.6 Å². The Morgan fingerprint density at radius 1 is 1.44 bits per heavy atom. The maximum absolute atomic E-state index is 11.7. The van der Waals surface area contributed by atoms with Crippen LogP contribution in [0.5, 0.6) is 0 Å². The summed E-state index contributed by atoms with van der Waals surface area (Å²) in [6, 6.07) is -0.417. The highest BCUT2D eigenvalue weighted by Gasteiger charge is 2.33. The van der Waals surface area contributed by atoms with Crippen LogP contribution in [-0.4, -0.2) is 22.0 Å². The number of primary amides is 1. The molecule has 2 N–H and O–H groups in total. The lowest BCUT2D eigenvalue weighted by molar-refractivity contribution is -0.123. The lowest BCUT2D eigenvalue weighted by Crippen LogP contribution is -2.33. The smallest absolute Gasteiger partial charge is 0.242 e. The molecule has 18 heavy (non-hydrogen) atoms. The van der Waals surface area contributed by atoms with E-state index < -0.39 is 6.04 Å². The van der Waals surface area contributed by atoms with Crippen LogP contribution in [0.2, 0.25) is 0 Å². The predicted octanol–water partition coefficient (Wildman–Crippen LogP) is 1.53. The van der Waals surface area contributed by atoms with E-state index in [0.717, 1.165) is 37.7 Å². The molecule has 0 saturated heterocycles. The average molecular weight is 249 g/mol. The zero-order valence-corrected chi connectivity index (χ0v) is 10.8. The highest BCUT2D eigenvalue weighted by Crippen LogP contribution is 2.35. The Morgan fingerprint density at radius 2 is 2.06 bits per heavy atom. The van der Waals surface area contributed by atoms with E-state index in [1.165, 1.54) is 0 Å². The lowest BCUT2D eigenvalue weighted by Gasteiger charge is -2.22. The van der Waals surface area contributed by atoms with Crippen molar-refractivity contribution >= 4 is 12.2 Å². The van der Waals surface area contributed by atoms with Gasteiger partial charge in [0.1, 0.15) is 6.04 Å². The maximum atomic E-state index is 11.7. The van der Waals surface area contributed by atoms with Crippen LogP contribution in [0, 0.1) is 19.8 Å². The molecule has 1 heterocycles. The fourth-order valence-corrected chi connectivity index (χ4v) is 2.94. The van der Waals surface area contributed by atoms with E-state index in [4.69, 9.17) is 5.73 Å². The number of hydrogen-bond donors (Lipinski definition) is 1. The van der Waals surface area contributed by atoms with Crippen molar-refractivity contribution in [2.75, 3.05) is 0 Å². The van der Waals surface area contributed by atoms with E-state index >= 15 is 0 Å². The van der Waals surface area contributed by atoms with Gasteiger partial charge < -0.3 is 5.73 Å². The first-order chi connectivity index (χ1) is 8.56. The maximum Gasteiger partial charge on any atom is 0.242 e. The van der Waals surface area contributed by atoms with Crippen LogP contribution >= 0.6 is 0 Å². The molecular formula is C13H19N3O2. The number of nitrogens with two attached hydrogens (primary N) is 1. The van der Waals surface area contributed by atoms with Crippen molar-refractivity contribution in [2.45, 2.75) is 45.6 Å². The minimum atomic E-state index is -0.417. The molecule has 98 valence electrons. The fraction of sp³-hybridized carbons (Fsp3) is 0.615. The number of aryl methyl sites for hydroxylation is 1. The largest absolute Gasteiger partial charge is 0.368 e. The Balaban J connectivity index is 2.42. The Hall–Kier alpha value is -1.65. The number of aldehydes is 1. The van der Waals surface area contributed by atoms with E-state index in [-0.39, 0.29) is 11.8 Å². The quantitative estimate of drug-likeness (QED) is 0.822. The van der Waals surface area contributed by atoms with Crippen LogP contribution in [0.1, 0.15) is 53.5 Å². The van der Waals surface area contributed by atoms with Gasteiger partial charge in [-0.3, -0.25) is 14.3 Å². The molecule has 1 saturated carbocycles. The van der Waals surface area contributed by atoms with Crippen LogP contribution in [0.4, 0.5) is 0 Å². The molecule has 1 aromatic heterocycles. The van der Waals surface area contributed by atoms with Crippen molar-refractivity contribution in [2.24, 2.45) is 11.7 Å². The molecule has 0 bridgehead atoms. The minimum absolute atomic E-state index is 0.250. The molecule has 0 aromatic carbocycles. The Kier molecular flexibility index (Phi) is 3.50. The van der Waals surface area contributed by atoms with E-state index in [1.807, 2.05) is 6.92 Å². The third-order valence-corrected chi connectivity index (χ3v) is 3.90. The van der Waals surface area contributed by atoms with Crippen molar-refractivity contribution in [1.82, 2.24) is 9.78 Å². The number of nitrogens with zero attached hydrogens (tertiary/aromatic N) is 2. The lowest BCUT2D eigenvalue weighted by atomic mass is 9.97. The van der Waals surface area contributed by atoms with Crippen molar-refractivity contribution < 1.29 is 9.59 Å². The summed E-state index contributed by atoms with van der Waals surface area (Å²) in [6.45, 7) is 3.59. The van der Waals surface area contributed by atoms with Gasteiger partial charge in [-0.15, -0.1) is 0 Å². The molecule has 1 unspecified atom stereocenters. The van der Waals surface area contributed by atoms with Gasteiger partial charge in [-0.2, -0.15) is 5.10 Å². The summed E-state index contributed by atoms with van der Waals surface area (Å²) in [5, 5.41) is 4.33.